The van der Waals surface area contributed by atoms with Crippen LogP contribution in [0.2, 0.25) is 0 Å². The van der Waals surface area contributed by atoms with Gasteiger partial charge in [-0.1, -0.05) is 63.1 Å². The van der Waals surface area contributed by atoms with Crippen LogP contribution in [0.25, 0.3) is 11.1 Å². The van der Waals surface area contributed by atoms with Crippen LogP contribution < -0.4 is 4.74 Å². The van der Waals surface area contributed by atoms with E-state index in [0.717, 1.165) is 57.1 Å². The van der Waals surface area contributed by atoms with E-state index >= 15 is 0 Å². The van der Waals surface area contributed by atoms with Crippen molar-refractivity contribution < 1.29 is 19.0 Å². The number of ether oxygens (including phenoxy) is 1. The number of rotatable bonds is 12. The van der Waals surface area contributed by atoms with Crippen molar-refractivity contribution in [3.05, 3.63) is 54.1 Å². The van der Waals surface area contributed by atoms with Gasteiger partial charge in [-0.15, -0.1) is 0 Å². The molecule has 0 amide bonds. The van der Waals surface area contributed by atoms with Crippen molar-refractivity contribution in [3.63, 3.8) is 0 Å². The Hall–Kier alpha value is -2.36. The standard InChI is InChI=1S/C29H39FO3/c1-3-5-9-25-18-26(16-17-27(25)24-10-7-6-8-11-24)33-20-21-12-14-23(15-13-21)22(4-2)19-28(30)29(31)32/h6-8,10-11,16-18,21-23,28H,3-5,9,12-15,19-20H2,1-2H3,(H,31,32)/t21?,22?,23?,28-/m0/s1. The highest BCUT2D eigenvalue weighted by atomic mass is 19.1. The lowest BCUT2D eigenvalue weighted by atomic mass is 9.73. The smallest absolute Gasteiger partial charge is 0.338 e. The minimum absolute atomic E-state index is 0.145. The molecule has 3 rings (SSSR count). The second-order valence-corrected chi connectivity index (χ2v) is 9.59. The molecule has 3 nitrogen and oxygen atoms in total. The number of benzene rings is 2. The largest absolute Gasteiger partial charge is 0.493 e. The minimum atomic E-state index is -1.74. The monoisotopic (exact) mass is 454 g/mol. The molecular weight excluding hydrogens is 415 g/mol. The number of unbranched alkanes of at least 4 members (excludes halogenated alkanes) is 1. The van der Waals surface area contributed by atoms with E-state index in [2.05, 4.69) is 49.4 Å². The van der Waals surface area contributed by atoms with Crippen molar-refractivity contribution in [1.29, 1.82) is 0 Å². The summed E-state index contributed by atoms with van der Waals surface area (Å²) in [6.45, 7) is 4.98. The van der Waals surface area contributed by atoms with Crippen LogP contribution >= 0.6 is 0 Å². The van der Waals surface area contributed by atoms with Gasteiger partial charge in [0.25, 0.3) is 0 Å². The van der Waals surface area contributed by atoms with Gasteiger partial charge in [0.15, 0.2) is 6.17 Å². The van der Waals surface area contributed by atoms with E-state index in [1.807, 2.05) is 13.0 Å². The molecule has 0 saturated heterocycles. The second kappa shape index (κ2) is 12.8. The third-order valence-corrected chi connectivity index (χ3v) is 7.31. The molecular formula is C29H39FO3. The molecule has 2 aromatic rings. The Morgan fingerprint density at radius 3 is 2.45 bits per heavy atom. The summed E-state index contributed by atoms with van der Waals surface area (Å²) in [4.78, 5) is 10.9. The number of aliphatic carboxylic acids is 1. The molecule has 1 unspecified atom stereocenters. The van der Waals surface area contributed by atoms with Crippen molar-refractivity contribution in [2.45, 2.75) is 77.8 Å². The molecule has 2 aromatic carbocycles. The summed E-state index contributed by atoms with van der Waals surface area (Å²) < 4.78 is 20.0. The lowest BCUT2D eigenvalue weighted by molar-refractivity contribution is -0.143. The molecule has 1 N–H and O–H groups in total. The van der Waals surface area contributed by atoms with Crippen LogP contribution in [0.15, 0.2) is 48.5 Å². The number of alkyl halides is 1. The minimum Gasteiger partial charge on any atom is -0.493 e. The summed E-state index contributed by atoms with van der Waals surface area (Å²) in [5.74, 6) is 0.703. The van der Waals surface area contributed by atoms with E-state index in [4.69, 9.17) is 9.84 Å². The topological polar surface area (TPSA) is 46.5 Å². The summed E-state index contributed by atoms with van der Waals surface area (Å²) in [6.07, 6.45) is 6.82. The Morgan fingerprint density at radius 2 is 1.82 bits per heavy atom. The predicted octanol–water partition coefficient (Wildman–Crippen LogP) is 7.72. The van der Waals surface area contributed by atoms with Crippen LogP contribution in [0.5, 0.6) is 5.75 Å². The van der Waals surface area contributed by atoms with E-state index < -0.39 is 12.1 Å². The summed E-state index contributed by atoms with van der Waals surface area (Å²) in [6, 6.07) is 17.0. The Morgan fingerprint density at radius 1 is 1.09 bits per heavy atom. The van der Waals surface area contributed by atoms with Crippen molar-refractivity contribution in [3.8, 4) is 16.9 Å². The van der Waals surface area contributed by atoms with Gasteiger partial charge < -0.3 is 9.84 Å². The Kier molecular flexibility index (Phi) is 9.77. The Balaban J connectivity index is 1.55. The quantitative estimate of drug-likeness (QED) is 0.357. The average molecular weight is 455 g/mol. The number of carboxylic acids is 1. The van der Waals surface area contributed by atoms with Gasteiger partial charge in [-0.25, -0.2) is 9.18 Å². The van der Waals surface area contributed by atoms with Gasteiger partial charge in [0.1, 0.15) is 5.75 Å². The molecule has 33 heavy (non-hydrogen) atoms. The fraction of sp³-hybridized carbons (Fsp3) is 0.552. The molecule has 1 saturated carbocycles. The van der Waals surface area contributed by atoms with E-state index in [9.17, 15) is 9.18 Å². The zero-order valence-electron chi connectivity index (χ0n) is 20.1. The molecule has 0 spiro atoms. The van der Waals surface area contributed by atoms with Crippen LogP contribution in [-0.2, 0) is 11.2 Å². The first-order chi connectivity index (χ1) is 16.0. The van der Waals surface area contributed by atoms with Crippen molar-refractivity contribution in [2.24, 2.45) is 17.8 Å². The van der Waals surface area contributed by atoms with Gasteiger partial charge in [-0.2, -0.15) is 0 Å². The zero-order valence-corrected chi connectivity index (χ0v) is 20.1. The van der Waals surface area contributed by atoms with Crippen LogP contribution in [0.4, 0.5) is 4.39 Å². The highest BCUT2D eigenvalue weighted by molar-refractivity contribution is 5.72. The number of carboxylic acid groups (broad SMARTS) is 1. The van der Waals surface area contributed by atoms with Crippen LogP contribution in [0.3, 0.4) is 0 Å². The maximum Gasteiger partial charge on any atom is 0.338 e. The summed E-state index contributed by atoms with van der Waals surface area (Å²) in [5, 5.41) is 8.90. The first-order valence-corrected chi connectivity index (χ1v) is 12.7. The second-order valence-electron chi connectivity index (χ2n) is 9.59. The normalized spacial score (nSPS) is 20.2. The lowest BCUT2D eigenvalue weighted by Crippen LogP contribution is -2.28. The number of carbonyl (C=O) groups is 1. The van der Waals surface area contributed by atoms with Gasteiger partial charge >= 0.3 is 5.97 Å². The average Bonchev–Trinajstić information content (AvgIpc) is 2.85. The summed E-state index contributed by atoms with van der Waals surface area (Å²) in [7, 11) is 0. The number of hydrogen-bond acceptors (Lipinski definition) is 2. The van der Waals surface area contributed by atoms with Gasteiger partial charge in [0.2, 0.25) is 0 Å². The molecule has 0 radical (unpaired) electrons. The van der Waals surface area contributed by atoms with E-state index in [1.54, 1.807) is 0 Å². The fourth-order valence-electron chi connectivity index (χ4n) is 5.23. The number of hydrogen-bond donors (Lipinski definition) is 1. The van der Waals surface area contributed by atoms with Gasteiger partial charge in [-0.05, 0) is 91.5 Å². The Bertz CT molecular complexity index is 858. The fourth-order valence-corrected chi connectivity index (χ4v) is 5.23. The van der Waals surface area contributed by atoms with Crippen LogP contribution in [-0.4, -0.2) is 23.9 Å². The third kappa shape index (κ3) is 7.31. The highest BCUT2D eigenvalue weighted by Gasteiger charge is 2.30. The third-order valence-electron chi connectivity index (χ3n) is 7.31. The van der Waals surface area contributed by atoms with Gasteiger partial charge in [0.05, 0.1) is 6.61 Å². The molecule has 0 aromatic heterocycles. The summed E-state index contributed by atoms with van der Waals surface area (Å²) in [5.41, 5.74) is 3.88. The van der Waals surface area contributed by atoms with Crippen LogP contribution in [0.1, 0.15) is 70.8 Å². The molecule has 1 aliphatic carbocycles. The van der Waals surface area contributed by atoms with Crippen molar-refractivity contribution in [1.82, 2.24) is 0 Å². The van der Waals surface area contributed by atoms with Gasteiger partial charge in [-0.3, -0.25) is 0 Å². The molecule has 4 heteroatoms. The SMILES string of the molecule is CCCCc1cc(OCC2CCC(C(CC)C[C@H](F)C(=O)O)CC2)ccc1-c1ccccc1. The molecule has 2 atom stereocenters. The predicted molar refractivity (Wildman–Crippen MR) is 132 cm³/mol. The maximum atomic E-state index is 13.7. The number of halogens is 1. The molecule has 1 fully saturated rings. The van der Waals surface area contributed by atoms with Crippen LogP contribution in [0, 0.1) is 17.8 Å². The lowest BCUT2D eigenvalue weighted by Gasteiger charge is -2.33. The van der Waals surface area contributed by atoms with E-state index in [0.29, 0.717) is 18.4 Å². The molecule has 0 aliphatic heterocycles. The summed E-state index contributed by atoms with van der Waals surface area (Å²) >= 11 is 0. The number of aryl methyl sites for hydroxylation is 1. The maximum absolute atomic E-state index is 13.7. The molecule has 180 valence electrons. The zero-order chi connectivity index (χ0) is 23.6. The molecule has 1 aliphatic rings. The Labute approximate surface area is 198 Å². The molecule has 0 heterocycles. The molecule has 0 bridgehead atoms. The van der Waals surface area contributed by atoms with E-state index in [1.165, 1.54) is 16.7 Å². The first kappa shape index (κ1) is 25.3. The van der Waals surface area contributed by atoms with E-state index in [-0.39, 0.29) is 12.3 Å². The van der Waals surface area contributed by atoms with Crippen molar-refractivity contribution >= 4 is 5.97 Å². The first-order valence-electron chi connectivity index (χ1n) is 12.7. The highest BCUT2D eigenvalue weighted by Crippen LogP contribution is 2.37. The van der Waals surface area contributed by atoms with Crippen molar-refractivity contribution in [2.75, 3.05) is 6.61 Å². The van der Waals surface area contributed by atoms with Gasteiger partial charge in [0, 0.05) is 0 Å².